The third-order valence-electron chi connectivity index (χ3n) is 3.77. The largest absolute Gasteiger partial charge is 0.493 e. The highest BCUT2D eigenvalue weighted by Crippen LogP contribution is 2.30. The van der Waals surface area contributed by atoms with Crippen molar-refractivity contribution in [2.75, 3.05) is 32.6 Å². The highest BCUT2D eigenvalue weighted by molar-refractivity contribution is 14.0. The van der Waals surface area contributed by atoms with Crippen molar-refractivity contribution in [3.05, 3.63) is 47.8 Å². The Morgan fingerprint density at radius 3 is 2.69 bits per heavy atom. The van der Waals surface area contributed by atoms with E-state index in [0.29, 0.717) is 24.1 Å². The van der Waals surface area contributed by atoms with Crippen LogP contribution in [0.2, 0.25) is 0 Å². The molecule has 6 nitrogen and oxygen atoms in total. The number of rotatable bonds is 7. The minimum absolute atomic E-state index is 0. The van der Waals surface area contributed by atoms with Crippen LogP contribution in [-0.4, -0.2) is 38.3 Å². The van der Waals surface area contributed by atoms with Gasteiger partial charge in [0.1, 0.15) is 0 Å². The third kappa shape index (κ3) is 6.36. The third-order valence-corrected chi connectivity index (χ3v) is 3.77. The van der Waals surface area contributed by atoms with Gasteiger partial charge in [0.15, 0.2) is 17.5 Å². The maximum absolute atomic E-state index is 5.60. The Balaban J connectivity index is 0.00000338. The molecule has 0 radical (unpaired) electrons. The predicted octanol–water partition coefficient (Wildman–Crippen LogP) is 3.65. The summed E-state index contributed by atoms with van der Waals surface area (Å²) in [6.07, 6.45) is 4.61. The molecule has 0 amide bonds. The summed E-state index contributed by atoms with van der Waals surface area (Å²) in [7, 11) is 3.38. The van der Waals surface area contributed by atoms with Gasteiger partial charge in [-0.15, -0.1) is 24.0 Å². The Kier molecular flexibility index (Phi) is 9.79. The molecule has 0 fully saturated rings. The lowest BCUT2D eigenvalue weighted by molar-refractivity contribution is 0.311. The van der Waals surface area contributed by atoms with Crippen molar-refractivity contribution in [3.8, 4) is 11.5 Å². The molecule has 2 aromatic rings. The van der Waals surface area contributed by atoms with Gasteiger partial charge in [-0.25, -0.2) is 0 Å². The number of nitrogens with zero attached hydrogens (tertiary/aromatic N) is 2. The fourth-order valence-electron chi connectivity index (χ4n) is 2.44. The number of aromatic nitrogens is 1. The van der Waals surface area contributed by atoms with E-state index in [-0.39, 0.29) is 24.0 Å². The number of pyridine rings is 1. The summed E-state index contributed by atoms with van der Waals surface area (Å²) in [6, 6.07) is 7.76. The van der Waals surface area contributed by atoms with Crippen LogP contribution in [-0.2, 0) is 6.42 Å². The number of aryl methyl sites for hydroxylation is 1. The summed E-state index contributed by atoms with van der Waals surface area (Å²) in [4.78, 5) is 8.38. The van der Waals surface area contributed by atoms with Crippen LogP contribution in [0, 0.1) is 6.92 Å². The van der Waals surface area contributed by atoms with Gasteiger partial charge in [-0.2, -0.15) is 0 Å². The van der Waals surface area contributed by atoms with Crippen molar-refractivity contribution in [2.45, 2.75) is 20.3 Å². The van der Waals surface area contributed by atoms with Gasteiger partial charge in [0.25, 0.3) is 0 Å². The zero-order chi connectivity index (χ0) is 18.1. The number of methoxy groups -OCH3 is 1. The van der Waals surface area contributed by atoms with Crippen molar-refractivity contribution in [1.82, 2.24) is 10.3 Å². The molecule has 0 aliphatic rings. The van der Waals surface area contributed by atoms with Crippen LogP contribution < -0.4 is 20.1 Å². The molecule has 142 valence electrons. The molecule has 1 aromatic carbocycles. The highest BCUT2D eigenvalue weighted by atomic mass is 127. The van der Waals surface area contributed by atoms with E-state index in [1.165, 1.54) is 11.1 Å². The van der Waals surface area contributed by atoms with E-state index in [2.05, 4.69) is 27.5 Å². The fraction of sp³-hybridized carbons (Fsp3) is 0.368. The van der Waals surface area contributed by atoms with Gasteiger partial charge in [-0.3, -0.25) is 9.98 Å². The SMILES string of the molecule is CCOc1cc(NC(=NC)NCCc2ccncc2C)ccc1OC.I. The van der Waals surface area contributed by atoms with Crippen molar-refractivity contribution in [1.29, 1.82) is 0 Å². The number of guanidine groups is 1. The molecule has 1 aromatic heterocycles. The molecule has 0 saturated heterocycles. The number of hydrogen-bond donors (Lipinski definition) is 2. The molecule has 0 atom stereocenters. The molecular weight excluding hydrogens is 443 g/mol. The molecule has 2 N–H and O–H groups in total. The van der Waals surface area contributed by atoms with Crippen LogP contribution in [0.15, 0.2) is 41.7 Å². The van der Waals surface area contributed by atoms with Crippen molar-refractivity contribution in [3.63, 3.8) is 0 Å². The van der Waals surface area contributed by atoms with Crippen molar-refractivity contribution >= 4 is 35.6 Å². The van der Waals surface area contributed by atoms with Crippen molar-refractivity contribution < 1.29 is 9.47 Å². The molecule has 26 heavy (non-hydrogen) atoms. The number of hydrogen-bond acceptors (Lipinski definition) is 4. The topological polar surface area (TPSA) is 67.8 Å². The second kappa shape index (κ2) is 11.6. The lowest BCUT2D eigenvalue weighted by Crippen LogP contribution is -2.32. The molecule has 0 spiro atoms. The van der Waals surface area contributed by atoms with E-state index >= 15 is 0 Å². The molecule has 0 saturated carbocycles. The first-order valence-corrected chi connectivity index (χ1v) is 8.36. The van der Waals surface area contributed by atoms with Crippen LogP contribution in [0.3, 0.4) is 0 Å². The maximum Gasteiger partial charge on any atom is 0.195 e. The lowest BCUT2D eigenvalue weighted by atomic mass is 10.1. The summed E-state index contributed by atoms with van der Waals surface area (Å²) in [5.41, 5.74) is 3.36. The minimum atomic E-state index is 0. The normalized spacial score (nSPS) is 10.7. The van der Waals surface area contributed by atoms with E-state index in [9.17, 15) is 0 Å². The quantitative estimate of drug-likeness (QED) is 0.368. The first-order chi connectivity index (χ1) is 12.2. The molecule has 7 heteroatoms. The number of aliphatic imine (C=N–C) groups is 1. The maximum atomic E-state index is 5.60. The molecule has 1 heterocycles. The second-order valence-corrected chi connectivity index (χ2v) is 5.47. The van der Waals surface area contributed by atoms with Gasteiger partial charge < -0.3 is 20.1 Å². The molecule has 0 aliphatic heterocycles. The standard InChI is InChI=1S/C19H26N4O2.HI/c1-5-25-18-12-16(6-7-17(18)24-4)23-19(20-3)22-11-9-15-8-10-21-13-14(15)2;/h6-8,10,12-13H,5,9,11H2,1-4H3,(H2,20,22,23);1H. The van der Waals surface area contributed by atoms with E-state index < -0.39 is 0 Å². The predicted molar refractivity (Wildman–Crippen MR) is 117 cm³/mol. The van der Waals surface area contributed by atoms with Crippen LogP contribution in [0.25, 0.3) is 0 Å². The molecule has 0 aliphatic carbocycles. The van der Waals surface area contributed by atoms with Gasteiger partial charge in [0, 0.05) is 37.7 Å². The molecule has 0 bridgehead atoms. The number of nitrogens with one attached hydrogen (secondary N) is 2. The van der Waals surface area contributed by atoms with E-state index in [4.69, 9.17) is 9.47 Å². The van der Waals surface area contributed by atoms with Crippen LogP contribution >= 0.6 is 24.0 Å². The first kappa shape index (κ1) is 22.0. The number of ether oxygens (including phenoxy) is 2. The van der Waals surface area contributed by atoms with Gasteiger partial charge in [-0.05, 0) is 49.6 Å². The molecule has 0 unspecified atom stereocenters. The minimum Gasteiger partial charge on any atom is -0.493 e. The Morgan fingerprint density at radius 2 is 2.04 bits per heavy atom. The second-order valence-electron chi connectivity index (χ2n) is 5.47. The van der Waals surface area contributed by atoms with Gasteiger partial charge >= 0.3 is 0 Å². The van der Waals surface area contributed by atoms with Crippen LogP contribution in [0.1, 0.15) is 18.1 Å². The first-order valence-electron chi connectivity index (χ1n) is 8.36. The van der Waals surface area contributed by atoms with Gasteiger partial charge in [0.05, 0.1) is 13.7 Å². The van der Waals surface area contributed by atoms with E-state index in [1.54, 1.807) is 14.2 Å². The lowest BCUT2D eigenvalue weighted by Gasteiger charge is -2.15. The Morgan fingerprint density at radius 1 is 1.23 bits per heavy atom. The number of benzene rings is 1. The number of anilines is 1. The highest BCUT2D eigenvalue weighted by Gasteiger charge is 2.07. The van der Waals surface area contributed by atoms with Crippen molar-refractivity contribution in [2.24, 2.45) is 4.99 Å². The zero-order valence-electron chi connectivity index (χ0n) is 15.7. The van der Waals surface area contributed by atoms with E-state index in [0.717, 1.165) is 18.7 Å². The summed E-state index contributed by atoms with van der Waals surface area (Å²) >= 11 is 0. The smallest absolute Gasteiger partial charge is 0.195 e. The monoisotopic (exact) mass is 470 g/mol. The average Bonchev–Trinajstić information content (AvgIpc) is 2.63. The van der Waals surface area contributed by atoms with Gasteiger partial charge in [0.2, 0.25) is 0 Å². The Bertz CT molecular complexity index is 722. The molecular formula is C19H27IN4O2. The summed E-state index contributed by atoms with van der Waals surface area (Å²) < 4.78 is 10.9. The summed E-state index contributed by atoms with van der Waals surface area (Å²) in [5.74, 6) is 2.13. The Hall–Kier alpha value is -2.03. The van der Waals surface area contributed by atoms with Crippen LogP contribution in [0.4, 0.5) is 5.69 Å². The average molecular weight is 470 g/mol. The number of halogens is 1. The van der Waals surface area contributed by atoms with Gasteiger partial charge in [-0.1, -0.05) is 0 Å². The Labute approximate surface area is 172 Å². The van der Waals surface area contributed by atoms with E-state index in [1.807, 2.05) is 43.6 Å². The zero-order valence-corrected chi connectivity index (χ0v) is 18.0. The fourth-order valence-corrected chi connectivity index (χ4v) is 2.44. The summed E-state index contributed by atoms with van der Waals surface area (Å²) in [6.45, 7) is 5.38. The molecule has 2 rings (SSSR count). The van der Waals surface area contributed by atoms with Crippen LogP contribution in [0.5, 0.6) is 11.5 Å². The summed E-state index contributed by atoms with van der Waals surface area (Å²) in [5, 5.41) is 6.59.